The smallest absolute Gasteiger partial charge is 0.00805 e. The first-order valence-corrected chi connectivity index (χ1v) is 5.00. The molecule has 0 aromatic rings. The van der Waals surface area contributed by atoms with Crippen molar-refractivity contribution in [2.24, 2.45) is 5.92 Å². The summed E-state index contributed by atoms with van der Waals surface area (Å²) in [7, 11) is 0. The Morgan fingerprint density at radius 3 is 2.27 bits per heavy atom. The second kappa shape index (κ2) is 6.66. The zero-order valence-corrected chi connectivity index (χ0v) is 9.19. The maximum absolute atomic E-state index is 3.38. The number of hydrogen-bond acceptors (Lipinski definition) is 0. The Balaban J connectivity index is 3.80. The molecule has 0 aliphatic carbocycles. The van der Waals surface area contributed by atoms with Crippen molar-refractivity contribution < 1.29 is 0 Å². The summed E-state index contributed by atoms with van der Waals surface area (Å²) in [4.78, 5) is 0. The third-order valence-corrected chi connectivity index (χ3v) is 2.02. The van der Waals surface area contributed by atoms with Crippen molar-refractivity contribution in [1.29, 1.82) is 0 Å². The highest BCUT2D eigenvalue weighted by atomic mass is 79.9. The fourth-order valence-electron chi connectivity index (χ4n) is 0.906. The lowest BCUT2D eigenvalue weighted by Crippen LogP contribution is -1.89. The highest BCUT2D eigenvalue weighted by molar-refractivity contribution is 9.11. The van der Waals surface area contributed by atoms with Gasteiger partial charge in [-0.05, 0) is 30.2 Å². The molecule has 11 heavy (non-hydrogen) atoms. The van der Waals surface area contributed by atoms with E-state index in [0.29, 0.717) is 0 Å². The van der Waals surface area contributed by atoms with Crippen molar-refractivity contribution in [3.63, 3.8) is 0 Å². The minimum Gasteiger partial charge on any atom is -0.0814 e. The molecule has 0 fully saturated rings. The minimum absolute atomic E-state index is 0.748. The van der Waals surface area contributed by atoms with Crippen LogP contribution in [0, 0.1) is 5.92 Å². The standard InChI is InChI=1S/C10H17Br/c1-4-10(5-2)8-6-7-9(3)11/h6-8,10H,4-5H2,1-3H3/b8-6-,9-7+. The Hall–Kier alpha value is -0.0400. The third kappa shape index (κ3) is 6.36. The van der Waals surface area contributed by atoms with E-state index >= 15 is 0 Å². The Labute approximate surface area is 78.5 Å². The van der Waals surface area contributed by atoms with Crippen LogP contribution < -0.4 is 0 Å². The first kappa shape index (κ1) is 11.0. The molecule has 0 heterocycles. The summed E-state index contributed by atoms with van der Waals surface area (Å²) in [6, 6.07) is 0. The molecule has 0 saturated heterocycles. The van der Waals surface area contributed by atoms with Gasteiger partial charge in [-0.2, -0.15) is 0 Å². The van der Waals surface area contributed by atoms with Gasteiger partial charge in [0.1, 0.15) is 0 Å². The summed E-state index contributed by atoms with van der Waals surface area (Å²) >= 11 is 3.38. The molecule has 0 spiro atoms. The Bertz CT molecular complexity index is 137. The first-order chi connectivity index (χ1) is 5.20. The van der Waals surface area contributed by atoms with Gasteiger partial charge in [0, 0.05) is 0 Å². The maximum atomic E-state index is 3.38. The van der Waals surface area contributed by atoms with Gasteiger partial charge in [0.25, 0.3) is 0 Å². The van der Waals surface area contributed by atoms with E-state index in [2.05, 4.69) is 48.0 Å². The van der Waals surface area contributed by atoms with Crippen LogP contribution in [0.4, 0.5) is 0 Å². The topological polar surface area (TPSA) is 0 Å². The first-order valence-electron chi connectivity index (χ1n) is 4.21. The van der Waals surface area contributed by atoms with E-state index in [9.17, 15) is 0 Å². The molecule has 0 aromatic heterocycles. The molecule has 64 valence electrons. The Morgan fingerprint density at radius 1 is 1.36 bits per heavy atom. The summed E-state index contributed by atoms with van der Waals surface area (Å²) in [6.45, 7) is 6.49. The van der Waals surface area contributed by atoms with Crippen LogP contribution in [0.3, 0.4) is 0 Å². The van der Waals surface area contributed by atoms with Crippen molar-refractivity contribution >= 4 is 15.9 Å². The number of halogens is 1. The second-order valence-corrected chi connectivity index (χ2v) is 3.97. The molecule has 1 heteroatoms. The summed E-state index contributed by atoms with van der Waals surface area (Å²) in [5, 5.41) is 0. The van der Waals surface area contributed by atoms with Gasteiger partial charge in [-0.15, -0.1) is 0 Å². The summed E-state index contributed by atoms with van der Waals surface area (Å²) in [5.74, 6) is 0.748. The predicted octanol–water partition coefficient (Wildman–Crippen LogP) is 4.28. The van der Waals surface area contributed by atoms with Crippen LogP contribution in [-0.2, 0) is 0 Å². The van der Waals surface area contributed by atoms with Crippen LogP contribution >= 0.6 is 15.9 Å². The number of hydrogen-bond donors (Lipinski definition) is 0. The lowest BCUT2D eigenvalue weighted by Gasteiger charge is -2.03. The molecule has 0 saturated carbocycles. The van der Waals surface area contributed by atoms with Crippen LogP contribution in [0.25, 0.3) is 0 Å². The van der Waals surface area contributed by atoms with Crippen molar-refractivity contribution in [2.75, 3.05) is 0 Å². The van der Waals surface area contributed by atoms with Crippen LogP contribution in [0.1, 0.15) is 33.6 Å². The quantitative estimate of drug-likeness (QED) is 0.616. The van der Waals surface area contributed by atoms with Gasteiger partial charge in [-0.3, -0.25) is 0 Å². The summed E-state index contributed by atoms with van der Waals surface area (Å²) in [5.41, 5.74) is 0. The van der Waals surface area contributed by atoms with E-state index in [1.165, 1.54) is 17.3 Å². The fraction of sp³-hybridized carbons (Fsp3) is 0.600. The molecule has 0 aliphatic heterocycles. The maximum Gasteiger partial charge on any atom is -0.00805 e. The van der Waals surface area contributed by atoms with Gasteiger partial charge in [0.15, 0.2) is 0 Å². The molecule has 0 aliphatic rings. The predicted molar refractivity (Wildman–Crippen MR) is 55.9 cm³/mol. The monoisotopic (exact) mass is 216 g/mol. The second-order valence-electron chi connectivity index (χ2n) is 2.71. The fourth-order valence-corrected chi connectivity index (χ4v) is 1.06. The van der Waals surface area contributed by atoms with E-state index in [0.717, 1.165) is 5.92 Å². The van der Waals surface area contributed by atoms with Gasteiger partial charge in [0.2, 0.25) is 0 Å². The molecule has 0 unspecified atom stereocenters. The third-order valence-electron chi connectivity index (χ3n) is 1.76. The normalized spacial score (nSPS) is 13.4. The molecular formula is C10H17Br. The SMILES string of the molecule is CCC(/C=C\C=C(/C)Br)CC. The molecule has 0 aromatic carbocycles. The van der Waals surface area contributed by atoms with Gasteiger partial charge < -0.3 is 0 Å². The van der Waals surface area contributed by atoms with E-state index in [4.69, 9.17) is 0 Å². The largest absolute Gasteiger partial charge is 0.0814 e. The zero-order chi connectivity index (χ0) is 8.69. The van der Waals surface area contributed by atoms with Gasteiger partial charge in [0.05, 0.1) is 0 Å². The van der Waals surface area contributed by atoms with Gasteiger partial charge in [-0.1, -0.05) is 48.0 Å². The number of allylic oxidation sites excluding steroid dienone is 4. The molecule has 0 atom stereocenters. The van der Waals surface area contributed by atoms with Crippen LogP contribution in [-0.4, -0.2) is 0 Å². The van der Waals surface area contributed by atoms with Crippen LogP contribution in [0.5, 0.6) is 0 Å². The van der Waals surface area contributed by atoms with E-state index in [1.54, 1.807) is 0 Å². The van der Waals surface area contributed by atoms with Crippen molar-refractivity contribution in [2.45, 2.75) is 33.6 Å². The lowest BCUT2D eigenvalue weighted by molar-refractivity contribution is 0.606. The lowest BCUT2D eigenvalue weighted by atomic mass is 10.0. The highest BCUT2D eigenvalue weighted by Gasteiger charge is 1.94. The van der Waals surface area contributed by atoms with Gasteiger partial charge >= 0.3 is 0 Å². The zero-order valence-electron chi connectivity index (χ0n) is 7.60. The molecule has 0 radical (unpaired) electrons. The average molecular weight is 217 g/mol. The Morgan fingerprint density at radius 2 is 1.91 bits per heavy atom. The summed E-state index contributed by atoms with van der Waals surface area (Å²) < 4.78 is 1.18. The molecule has 0 rings (SSSR count). The van der Waals surface area contributed by atoms with Crippen LogP contribution in [0.15, 0.2) is 22.7 Å². The van der Waals surface area contributed by atoms with E-state index in [-0.39, 0.29) is 0 Å². The van der Waals surface area contributed by atoms with E-state index in [1.807, 2.05) is 6.92 Å². The average Bonchev–Trinajstić information content (AvgIpc) is 1.98. The summed E-state index contributed by atoms with van der Waals surface area (Å²) in [6.07, 6.45) is 8.95. The van der Waals surface area contributed by atoms with Crippen molar-refractivity contribution in [1.82, 2.24) is 0 Å². The van der Waals surface area contributed by atoms with Crippen LogP contribution in [0.2, 0.25) is 0 Å². The van der Waals surface area contributed by atoms with E-state index < -0.39 is 0 Å². The molecule has 0 amide bonds. The van der Waals surface area contributed by atoms with Crippen molar-refractivity contribution in [3.8, 4) is 0 Å². The number of rotatable bonds is 4. The molecule has 0 N–H and O–H groups in total. The molecular weight excluding hydrogens is 200 g/mol. The van der Waals surface area contributed by atoms with Crippen molar-refractivity contribution in [3.05, 3.63) is 22.7 Å². The Kier molecular flexibility index (Phi) is 6.63. The highest BCUT2D eigenvalue weighted by Crippen LogP contribution is 2.09. The minimum atomic E-state index is 0.748. The molecule has 0 bridgehead atoms. The molecule has 0 nitrogen and oxygen atoms in total. The van der Waals surface area contributed by atoms with Gasteiger partial charge in [-0.25, -0.2) is 0 Å².